The van der Waals surface area contributed by atoms with Crippen molar-refractivity contribution < 1.29 is 28.7 Å². The molecule has 42 heavy (non-hydrogen) atoms. The molecule has 3 aromatic carbocycles. The quantitative estimate of drug-likeness (QED) is 0.199. The summed E-state index contributed by atoms with van der Waals surface area (Å²) in [5.74, 6) is -0.604. The van der Waals surface area contributed by atoms with Gasteiger partial charge in [0, 0.05) is 16.3 Å². The normalized spacial score (nSPS) is 13.8. The van der Waals surface area contributed by atoms with Gasteiger partial charge in [-0.05, 0) is 104 Å². The van der Waals surface area contributed by atoms with E-state index in [1.165, 1.54) is 11.8 Å². The fraction of sp³-hybridized carbons (Fsp3) is 0.226. The van der Waals surface area contributed by atoms with Gasteiger partial charge >= 0.3 is 0 Å². The molecule has 2 N–H and O–H groups in total. The molecule has 0 radical (unpaired) electrons. The summed E-state index contributed by atoms with van der Waals surface area (Å²) >= 11 is 2.30. The summed E-state index contributed by atoms with van der Waals surface area (Å²) in [5, 5.41) is 5.02. The van der Waals surface area contributed by atoms with Crippen molar-refractivity contribution in [2.24, 2.45) is 0 Å². The molecular weight excluding hydrogens is 574 g/mol. The predicted molar refractivity (Wildman–Crippen MR) is 167 cm³/mol. The number of imide groups is 1. The first-order chi connectivity index (χ1) is 20.2. The van der Waals surface area contributed by atoms with Crippen LogP contribution in [-0.4, -0.2) is 53.9 Å². The lowest BCUT2D eigenvalue weighted by Gasteiger charge is -2.13. The van der Waals surface area contributed by atoms with Gasteiger partial charge in [0.25, 0.3) is 17.1 Å². The van der Waals surface area contributed by atoms with Crippen molar-refractivity contribution in [3.05, 3.63) is 82.3 Å². The average Bonchev–Trinajstić information content (AvgIpc) is 3.22. The Hall–Kier alpha value is -4.22. The number of thioether (sulfide) groups is 2. The molecule has 0 aromatic heterocycles. The van der Waals surface area contributed by atoms with Crippen LogP contribution in [0.15, 0.2) is 70.5 Å². The summed E-state index contributed by atoms with van der Waals surface area (Å²) < 4.78 is 11.4. The predicted octanol–water partition coefficient (Wildman–Crippen LogP) is 6.12. The summed E-state index contributed by atoms with van der Waals surface area (Å²) in [6.45, 7) is 5.51. The number of hydrogen-bond acceptors (Lipinski definition) is 8. The Morgan fingerprint density at radius 2 is 1.67 bits per heavy atom. The lowest BCUT2D eigenvalue weighted by atomic mass is 10.1. The molecular formula is C31H31N3O6S2. The molecule has 1 fully saturated rings. The van der Waals surface area contributed by atoms with Crippen LogP contribution in [0.25, 0.3) is 6.08 Å². The molecule has 0 unspecified atom stereocenters. The Balaban J connectivity index is 1.40. The number of rotatable bonds is 11. The number of carbonyl (C=O) groups is 4. The van der Waals surface area contributed by atoms with E-state index in [-0.39, 0.29) is 17.4 Å². The van der Waals surface area contributed by atoms with Crippen molar-refractivity contribution in [3.8, 4) is 11.5 Å². The zero-order valence-corrected chi connectivity index (χ0v) is 25.3. The highest BCUT2D eigenvalue weighted by Gasteiger charge is 2.36. The molecule has 0 saturated carbocycles. The third-order valence-electron chi connectivity index (χ3n) is 6.24. The Labute approximate surface area is 253 Å². The molecule has 1 aliphatic heterocycles. The van der Waals surface area contributed by atoms with Crippen LogP contribution in [0.2, 0.25) is 0 Å². The van der Waals surface area contributed by atoms with Gasteiger partial charge in [-0.25, -0.2) is 0 Å². The van der Waals surface area contributed by atoms with E-state index < -0.39 is 23.6 Å². The Kier molecular flexibility index (Phi) is 10.3. The van der Waals surface area contributed by atoms with Crippen LogP contribution in [0.1, 0.15) is 23.6 Å². The first kappa shape index (κ1) is 30.7. The minimum Gasteiger partial charge on any atom is -0.490 e. The summed E-state index contributed by atoms with van der Waals surface area (Å²) in [6, 6.07) is 18.0. The molecule has 0 spiro atoms. The maximum atomic E-state index is 13.0. The van der Waals surface area contributed by atoms with Gasteiger partial charge in [-0.15, -0.1) is 11.8 Å². The lowest BCUT2D eigenvalue weighted by Crippen LogP contribution is -2.36. The van der Waals surface area contributed by atoms with Crippen molar-refractivity contribution in [1.82, 2.24) is 4.90 Å². The number of nitrogens with one attached hydrogen (secondary N) is 2. The number of amides is 4. The highest BCUT2D eigenvalue weighted by molar-refractivity contribution is 8.18. The van der Waals surface area contributed by atoms with E-state index in [1.54, 1.807) is 30.3 Å². The first-order valence-corrected chi connectivity index (χ1v) is 15.2. The molecule has 218 valence electrons. The van der Waals surface area contributed by atoms with E-state index >= 15 is 0 Å². The van der Waals surface area contributed by atoms with Gasteiger partial charge in [-0.2, -0.15) is 0 Å². The number of anilines is 2. The molecule has 11 heteroatoms. The minimum absolute atomic E-state index is 0.182. The Morgan fingerprint density at radius 1 is 0.905 bits per heavy atom. The zero-order valence-electron chi connectivity index (χ0n) is 23.7. The molecule has 1 aliphatic rings. The summed E-state index contributed by atoms with van der Waals surface area (Å²) in [7, 11) is 0. The number of hydrogen-bond donors (Lipinski definition) is 2. The number of benzene rings is 3. The molecule has 4 rings (SSSR count). The number of aryl methyl sites for hydroxylation is 2. The molecule has 1 saturated heterocycles. The monoisotopic (exact) mass is 605 g/mol. The summed E-state index contributed by atoms with van der Waals surface area (Å²) in [5.41, 5.74) is 4.06. The molecule has 0 atom stereocenters. The topological polar surface area (TPSA) is 114 Å². The largest absolute Gasteiger partial charge is 0.490 e. The fourth-order valence-corrected chi connectivity index (χ4v) is 5.29. The molecule has 3 aromatic rings. The van der Waals surface area contributed by atoms with Crippen LogP contribution in [0.5, 0.6) is 11.5 Å². The van der Waals surface area contributed by atoms with E-state index in [4.69, 9.17) is 9.47 Å². The highest BCUT2D eigenvalue weighted by Crippen LogP contribution is 2.35. The highest BCUT2D eigenvalue weighted by atomic mass is 32.2. The van der Waals surface area contributed by atoms with Crippen LogP contribution in [0.3, 0.4) is 0 Å². The van der Waals surface area contributed by atoms with E-state index in [0.717, 1.165) is 32.7 Å². The number of carbonyl (C=O) groups excluding carboxylic acids is 4. The molecule has 0 bridgehead atoms. The van der Waals surface area contributed by atoms with Gasteiger partial charge in [0.2, 0.25) is 5.91 Å². The first-order valence-electron chi connectivity index (χ1n) is 13.1. The number of nitrogens with zero attached hydrogens (tertiary/aromatic N) is 1. The van der Waals surface area contributed by atoms with Crippen molar-refractivity contribution in [3.63, 3.8) is 0 Å². The maximum Gasteiger partial charge on any atom is 0.294 e. The van der Waals surface area contributed by atoms with Crippen LogP contribution < -0.4 is 20.1 Å². The number of ether oxygens (including phenoxy) is 2. The standard InChI is InChI=1S/C31H31N3O6S2/c1-5-39-26-14-21(10-12-25(26)40-18-29(36)33-23-11-9-19(2)20(3)13-23)15-27-30(37)34(31(38)42-27)17-28(35)32-22-7-6-8-24(16-22)41-4/h6-16H,5,17-18H2,1-4H3,(H,32,35)(H,33,36)/b27-15+. The fourth-order valence-electron chi connectivity index (χ4n) is 3.99. The zero-order chi connectivity index (χ0) is 30.2. The second kappa shape index (κ2) is 14.1. The smallest absolute Gasteiger partial charge is 0.294 e. The van der Waals surface area contributed by atoms with E-state index in [1.807, 2.05) is 63.4 Å². The van der Waals surface area contributed by atoms with Crippen LogP contribution in [0.4, 0.5) is 16.2 Å². The third kappa shape index (κ3) is 7.95. The summed E-state index contributed by atoms with van der Waals surface area (Å²) in [6.07, 6.45) is 3.49. The van der Waals surface area contributed by atoms with Gasteiger partial charge in [0.15, 0.2) is 18.1 Å². The van der Waals surface area contributed by atoms with Crippen LogP contribution in [-0.2, 0) is 14.4 Å². The van der Waals surface area contributed by atoms with Gasteiger partial charge in [0.05, 0.1) is 11.5 Å². The van der Waals surface area contributed by atoms with Crippen LogP contribution >= 0.6 is 23.5 Å². The second-order valence-corrected chi connectivity index (χ2v) is 11.2. The van der Waals surface area contributed by atoms with Crippen molar-refractivity contribution in [2.75, 3.05) is 36.6 Å². The van der Waals surface area contributed by atoms with Gasteiger partial charge < -0.3 is 20.1 Å². The van der Waals surface area contributed by atoms with Crippen molar-refractivity contribution in [1.29, 1.82) is 0 Å². The second-order valence-electron chi connectivity index (χ2n) is 9.32. The Bertz CT molecular complexity index is 1560. The SMILES string of the molecule is CCOc1cc(/C=C2/SC(=O)N(CC(=O)Nc3cccc(SC)c3)C2=O)ccc1OCC(=O)Nc1ccc(C)c(C)c1. The molecule has 9 nitrogen and oxygen atoms in total. The van der Waals surface area contributed by atoms with E-state index in [2.05, 4.69) is 10.6 Å². The molecule has 1 heterocycles. The van der Waals surface area contributed by atoms with Crippen LogP contribution in [0, 0.1) is 13.8 Å². The molecule has 4 amide bonds. The third-order valence-corrected chi connectivity index (χ3v) is 7.88. The van der Waals surface area contributed by atoms with Crippen molar-refractivity contribution >= 4 is 63.9 Å². The van der Waals surface area contributed by atoms with E-state index in [0.29, 0.717) is 35.0 Å². The molecule has 0 aliphatic carbocycles. The van der Waals surface area contributed by atoms with Gasteiger partial charge in [0.1, 0.15) is 6.54 Å². The minimum atomic E-state index is -0.556. The lowest BCUT2D eigenvalue weighted by molar-refractivity contribution is -0.127. The summed E-state index contributed by atoms with van der Waals surface area (Å²) in [4.78, 5) is 52.7. The van der Waals surface area contributed by atoms with Gasteiger partial charge in [-0.1, -0.05) is 18.2 Å². The Morgan fingerprint density at radius 3 is 2.40 bits per heavy atom. The van der Waals surface area contributed by atoms with Crippen molar-refractivity contribution in [2.45, 2.75) is 25.7 Å². The van der Waals surface area contributed by atoms with E-state index in [9.17, 15) is 19.2 Å². The maximum absolute atomic E-state index is 13.0. The average molecular weight is 606 g/mol. The van der Waals surface area contributed by atoms with Gasteiger partial charge in [-0.3, -0.25) is 24.1 Å².